The van der Waals surface area contributed by atoms with E-state index in [1.165, 1.54) is 0 Å². The predicted octanol–water partition coefficient (Wildman–Crippen LogP) is 6.16. The lowest BCUT2D eigenvalue weighted by molar-refractivity contribution is 0.262. The van der Waals surface area contributed by atoms with E-state index in [0.29, 0.717) is 16.4 Å². The first-order valence-electron chi connectivity index (χ1n) is 8.38. The van der Waals surface area contributed by atoms with Crippen molar-refractivity contribution in [3.05, 3.63) is 88.9 Å². The summed E-state index contributed by atoms with van der Waals surface area (Å²) in [4.78, 5) is 12.1. The summed E-state index contributed by atoms with van der Waals surface area (Å²) in [6.45, 7) is 0. The number of carbonyl (C=O) groups is 1. The van der Waals surface area contributed by atoms with Crippen LogP contribution in [0.3, 0.4) is 0 Å². The van der Waals surface area contributed by atoms with Crippen molar-refractivity contribution in [3.8, 4) is 5.75 Å². The van der Waals surface area contributed by atoms with Crippen LogP contribution in [-0.2, 0) is 0 Å². The molecule has 0 heterocycles. The molecule has 0 aliphatic carbocycles. The highest BCUT2D eigenvalue weighted by atomic mass is 35.5. The van der Waals surface area contributed by atoms with Crippen molar-refractivity contribution in [1.29, 1.82) is 0 Å². The molecule has 2 N–H and O–H groups in total. The summed E-state index contributed by atoms with van der Waals surface area (Å²) in [5, 5.41) is 6.14. The zero-order valence-corrected chi connectivity index (χ0v) is 15.5. The highest BCUT2D eigenvalue weighted by molar-refractivity contribution is 6.30. The molecule has 136 valence electrons. The van der Waals surface area contributed by atoms with Crippen LogP contribution in [0.15, 0.2) is 72.8 Å². The van der Waals surface area contributed by atoms with Crippen LogP contribution in [0.25, 0.3) is 12.2 Å². The summed E-state index contributed by atoms with van der Waals surface area (Å²) in [5.74, 6) is 0.823. The van der Waals surface area contributed by atoms with Crippen molar-refractivity contribution in [2.24, 2.45) is 0 Å². The van der Waals surface area contributed by atoms with Gasteiger partial charge >= 0.3 is 6.03 Å². The van der Waals surface area contributed by atoms with Crippen molar-refractivity contribution >= 4 is 41.2 Å². The molecule has 0 atom stereocenters. The topological polar surface area (TPSA) is 50.4 Å². The Kier molecular flexibility index (Phi) is 6.13. The maximum absolute atomic E-state index is 12.1. The Morgan fingerprint density at radius 3 is 2.15 bits per heavy atom. The SMILES string of the molecule is COc1ccc(/C=C/c2cccc(NC(=O)Nc3cccc(Cl)c3)c2)cc1. The molecule has 4 nitrogen and oxygen atoms in total. The van der Waals surface area contributed by atoms with Crippen LogP contribution in [0.5, 0.6) is 5.75 Å². The van der Waals surface area contributed by atoms with Gasteiger partial charge in [0.2, 0.25) is 0 Å². The molecule has 0 aromatic heterocycles. The van der Waals surface area contributed by atoms with E-state index in [-0.39, 0.29) is 6.03 Å². The second-order valence-electron chi connectivity index (χ2n) is 5.82. The number of hydrogen-bond acceptors (Lipinski definition) is 2. The second kappa shape index (κ2) is 8.92. The fourth-order valence-corrected chi connectivity index (χ4v) is 2.68. The van der Waals surface area contributed by atoms with Gasteiger partial charge in [-0.3, -0.25) is 0 Å². The van der Waals surface area contributed by atoms with Gasteiger partial charge in [-0.2, -0.15) is 0 Å². The highest BCUT2D eigenvalue weighted by Gasteiger charge is 2.03. The molecule has 3 rings (SSSR count). The van der Waals surface area contributed by atoms with Gasteiger partial charge in [-0.25, -0.2) is 4.79 Å². The summed E-state index contributed by atoms with van der Waals surface area (Å²) in [5.41, 5.74) is 3.38. The Bertz CT molecular complexity index is 953. The molecule has 0 unspecified atom stereocenters. The summed E-state index contributed by atoms with van der Waals surface area (Å²) < 4.78 is 5.16. The fraction of sp³-hybridized carbons (Fsp3) is 0.0455. The zero-order chi connectivity index (χ0) is 19.1. The van der Waals surface area contributed by atoms with Crippen LogP contribution in [0.2, 0.25) is 5.02 Å². The number of halogens is 1. The molecular formula is C22H19ClN2O2. The molecule has 0 spiro atoms. The summed E-state index contributed by atoms with van der Waals surface area (Å²) in [6, 6.07) is 22.1. The minimum absolute atomic E-state index is 0.325. The van der Waals surface area contributed by atoms with Crippen LogP contribution in [0.4, 0.5) is 16.2 Å². The maximum atomic E-state index is 12.1. The molecule has 3 aromatic carbocycles. The van der Waals surface area contributed by atoms with Crippen LogP contribution in [0, 0.1) is 0 Å². The number of carbonyl (C=O) groups excluding carboxylic acids is 1. The van der Waals surface area contributed by atoms with Gasteiger partial charge in [0.05, 0.1) is 7.11 Å². The standard InChI is InChI=1S/C22H19ClN2O2/c1-27-21-12-10-16(11-13-21)8-9-17-4-2-6-19(14-17)24-22(26)25-20-7-3-5-18(23)15-20/h2-15H,1H3,(H2,24,25,26)/b9-8+. The maximum Gasteiger partial charge on any atom is 0.323 e. The molecule has 0 fully saturated rings. The second-order valence-corrected chi connectivity index (χ2v) is 6.26. The van der Waals surface area contributed by atoms with Crippen molar-refractivity contribution in [1.82, 2.24) is 0 Å². The van der Waals surface area contributed by atoms with E-state index < -0.39 is 0 Å². The quantitative estimate of drug-likeness (QED) is 0.522. The van der Waals surface area contributed by atoms with Gasteiger partial charge in [-0.05, 0) is 53.6 Å². The van der Waals surface area contributed by atoms with Crippen molar-refractivity contribution in [3.63, 3.8) is 0 Å². The Hall–Kier alpha value is -3.24. The summed E-state index contributed by atoms with van der Waals surface area (Å²) in [6.07, 6.45) is 3.99. The number of methoxy groups -OCH3 is 1. The fourth-order valence-electron chi connectivity index (χ4n) is 2.49. The minimum atomic E-state index is -0.325. The number of anilines is 2. The molecule has 0 saturated heterocycles. The Balaban J connectivity index is 1.64. The molecular weight excluding hydrogens is 360 g/mol. The number of benzene rings is 3. The number of rotatable bonds is 5. The Morgan fingerprint density at radius 2 is 1.48 bits per heavy atom. The van der Waals surface area contributed by atoms with E-state index in [1.807, 2.05) is 60.7 Å². The van der Waals surface area contributed by atoms with Gasteiger partial charge < -0.3 is 15.4 Å². The van der Waals surface area contributed by atoms with Crippen molar-refractivity contribution < 1.29 is 9.53 Å². The van der Waals surface area contributed by atoms with Crippen LogP contribution in [0.1, 0.15) is 11.1 Å². The van der Waals surface area contributed by atoms with Gasteiger partial charge in [0.1, 0.15) is 5.75 Å². The number of nitrogens with one attached hydrogen (secondary N) is 2. The van der Waals surface area contributed by atoms with E-state index in [0.717, 1.165) is 16.9 Å². The molecule has 0 bridgehead atoms. The molecule has 2 amide bonds. The molecule has 27 heavy (non-hydrogen) atoms. The first-order valence-corrected chi connectivity index (χ1v) is 8.76. The number of ether oxygens (including phenoxy) is 1. The van der Waals surface area contributed by atoms with Crippen LogP contribution >= 0.6 is 11.6 Å². The smallest absolute Gasteiger partial charge is 0.323 e. The normalized spacial score (nSPS) is 10.6. The first kappa shape index (κ1) is 18.5. The lowest BCUT2D eigenvalue weighted by Gasteiger charge is -2.08. The highest BCUT2D eigenvalue weighted by Crippen LogP contribution is 2.18. The molecule has 0 aliphatic rings. The zero-order valence-electron chi connectivity index (χ0n) is 14.8. The van der Waals surface area contributed by atoms with Gasteiger partial charge in [0.15, 0.2) is 0 Å². The number of amides is 2. The number of hydrogen-bond donors (Lipinski definition) is 2. The van der Waals surface area contributed by atoms with E-state index in [1.54, 1.807) is 31.4 Å². The first-order chi connectivity index (χ1) is 13.1. The van der Waals surface area contributed by atoms with E-state index in [4.69, 9.17) is 16.3 Å². The molecule has 0 saturated carbocycles. The van der Waals surface area contributed by atoms with Crippen LogP contribution < -0.4 is 15.4 Å². The lowest BCUT2D eigenvalue weighted by Crippen LogP contribution is -2.19. The summed E-state index contributed by atoms with van der Waals surface area (Å²) in [7, 11) is 1.64. The third-order valence-corrected chi connectivity index (χ3v) is 4.05. The molecule has 5 heteroatoms. The monoisotopic (exact) mass is 378 g/mol. The lowest BCUT2D eigenvalue weighted by atomic mass is 10.1. The van der Waals surface area contributed by atoms with Gasteiger partial charge in [-0.1, -0.05) is 54.1 Å². The Morgan fingerprint density at radius 1 is 0.852 bits per heavy atom. The minimum Gasteiger partial charge on any atom is -0.497 e. The van der Waals surface area contributed by atoms with Gasteiger partial charge in [0.25, 0.3) is 0 Å². The van der Waals surface area contributed by atoms with E-state index >= 15 is 0 Å². The molecule has 0 aliphatic heterocycles. The van der Waals surface area contributed by atoms with Gasteiger partial charge in [-0.15, -0.1) is 0 Å². The molecule has 3 aromatic rings. The van der Waals surface area contributed by atoms with Crippen molar-refractivity contribution in [2.75, 3.05) is 17.7 Å². The third-order valence-electron chi connectivity index (χ3n) is 3.81. The van der Waals surface area contributed by atoms with Crippen LogP contribution in [-0.4, -0.2) is 13.1 Å². The summed E-state index contributed by atoms with van der Waals surface area (Å²) >= 11 is 5.93. The molecule has 0 radical (unpaired) electrons. The average molecular weight is 379 g/mol. The number of urea groups is 1. The van der Waals surface area contributed by atoms with E-state index in [9.17, 15) is 4.79 Å². The largest absolute Gasteiger partial charge is 0.497 e. The van der Waals surface area contributed by atoms with Gasteiger partial charge in [0, 0.05) is 16.4 Å². The Labute approximate surface area is 163 Å². The average Bonchev–Trinajstić information content (AvgIpc) is 2.67. The third kappa shape index (κ3) is 5.62. The predicted molar refractivity (Wildman–Crippen MR) is 112 cm³/mol. The van der Waals surface area contributed by atoms with Crippen molar-refractivity contribution in [2.45, 2.75) is 0 Å². The van der Waals surface area contributed by atoms with E-state index in [2.05, 4.69) is 10.6 Å².